The molecule has 1 fully saturated rings. The maximum absolute atomic E-state index is 11.7. The molecule has 1 aliphatic carbocycles. The smallest absolute Gasteiger partial charge is 0.237 e. The van der Waals surface area contributed by atoms with E-state index in [1.165, 1.54) is 32.1 Å². The van der Waals surface area contributed by atoms with Gasteiger partial charge in [0, 0.05) is 6.54 Å². The lowest BCUT2D eigenvalue weighted by atomic mass is 9.89. The number of rotatable bonds is 5. The van der Waals surface area contributed by atoms with Crippen molar-refractivity contribution >= 4 is 5.91 Å². The molecule has 16 heavy (non-hydrogen) atoms. The summed E-state index contributed by atoms with van der Waals surface area (Å²) in [5.41, 5.74) is 5.87. The third-order valence-electron chi connectivity index (χ3n) is 3.85. The molecule has 0 aliphatic heterocycles. The molecule has 3 N–H and O–H groups in total. The van der Waals surface area contributed by atoms with Gasteiger partial charge in [-0.05, 0) is 24.7 Å². The van der Waals surface area contributed by atoms with E-state index in [-0.39, 0.29) is 17.9 Å². The van der Waals surface area contributed by atoms with E-state index in [0.29, 0.717) is 5.92 Å². The van der Waals surface area contributed by atoms with Crippen LogP contribution >= 0.6 is 0 Å². The lowest BCUT2D eigenvalue weighted by molar-refractivity contribution is -0.123. The normalized spacial score (nSPS) is 21.4. The molecular weight excluding hydrogens is 200 g/mol. The van der Waals surface area contributed by atoms with E-state index >= 15 is 0 Å². The molecule has 0 heterocycles. The lowest BCUT2D eigenvalue weighted by Crippen LogP contribution is -2.46. The quantitative estimate of drug-likeness (QED) is 0.754. The Bertz CT molecular complexity index is 212. The van der Waals surface area contributed by atoms with Crippen molar-refractivity contribution in [2.24, 2.45) is 17.6 Å². The van der Waals surface area contributed by atoms with Crippen LogP contribution in [-0.2, 0) is 4.79 Å². The lowest BCUT2D eigenvalue weighted by Gasteiger charge is -2.23. The van der Waals surface area contributed by atoms with Gasteiger partial charge < -0.3 is 11.1 Å². The van der Waals surface area contributed by atoms with E-state index in [0.717, 1.165) is 13.0 Å². The molecule has 3 nitrogen and oxygen atoms in total. The Morgan fingerprint density at radius 1 is 1.38 bits per heavy atom. The third kappa shape index (κ3) is 4.12. The first-order valence-electron chi connectivity index (χ1n) is 6.68. The van der Waals surface area contributed by atoms with E-state index in [4.69, 9.17) is 5.73 Å². The Hall–Kier alpha value is -0.570. The Kier molecular flexibility index (Phi) is 5.81. The van der Waals surface area contributed by atoms with Gasteiger partial charge in [0.25, 0.3) is 0 Å². The third-order valence-corrected chi connectivity index (χ3v) is 3.85. The van der Waals surface area contributed by atoms with Crippen molar-refractivity contribution in [3.8, 4) is 0 Å². The number of carbonyl (C=O) groups is 1. The fourth-order valence-corrected chi connectivity index (χ4v) is 2.27. The predicted octanol–water partition coefficient (Wildman–Crippen LogP) is 2.06. The van der Waals surface area contributed by atoms with Crippen LogP contribution in [0.2, 0.25) is 0 Å². The van der Waals surface area contributed by atoms with Gasteiger partial charge in [-0.15, -0.1) is 0 Å². The second kappa shape index (κ2) is 6.89. The van der Waals surface area contributed by atoms with Crippen molar-refractivity contribution in [1.29, 1.82) is 0 Å². The Balaban J connectivity index is 2.23. The van der Waals surface area contributed by atoms with Gasteiger partial charge in [-0.2, -0.15) is 0 Å². The molecule has 0 radical (unpaired) electrons. The molecule has 0 spiro atoms. The summed E-state index contributed by atoms with van der Waals surface area (Å²) < 4.78 is 0. The van der Waals surface area contributed by atoms with Crippen molar-refractivity contribution in [3.63, 3.8) is 0 Å². The van der Waals surface area contributed by atoms with Gasteiger partial charge in [0.15, 0.2) is 0 Å². The molecule has 0 aromatic heterocycles. The maximum Gasteiger partial charge on any atom is 0.237 e. The van der Waals surface area contributed by atoms with Crippen LogP contribution in [0, 0.1) is 11.8 Å². The molecule has 0 aromatic rings. The molecule has 1 saturated carbocycles. The zero-order valence-corrected chi connectivity index (χ0v) is 10.7. The van der Waals surface area contributed by atoms with Crippen molar-refractivity contribution in [2.45, 2.75) is 58.4 Å². The molecular formula is C13H26N2O. The summed E-state index contributed by atoms with van der Waals surface area (Å²) in [7, 11) is 0. The fraction of sp³-hybridized carbons (Fsp3) is 0.923. The first-order valence-corrected chi connectivity index (χ1v) is 6.68. The first-order chi connectivity index (χ1) is 7.65. The van der Waals surface area contributed by atoms with Crippen LogP contribution in [0.4, 0.5) is 0 Å². The minimum absolute atomic E-state index is 0.0277. The topological polar surface area (TPSA) is 55.1 Å². The minimum atomic E-state index is -0.339. The van der Waals surface area contributed by atoms with E-state index in [1.807, 2.05) is 6.92 Å². The SMILES string of the molecule is CCC(C)C(N)C(=O)NCC1CCCCC1. The zero-order chi connectivity index (χ0) is 12.0. The molecule has 94 valence electrons. The maximum atomic E-state index is 11.7. The molecule has 3 heteroatoms. The summed E-state index contributed by atoms with van der Waals surface area (Å²) in [4.78, 5) is 11.7. The van der Waals surface area contributed by atoms with E-state index in [2.05, 4.69) is 12.2 Å². The highest BCUT2D eigenvalue weighted by atomic mass is 16.2. The van der Waals surface area contributed by atoms with Crippen molar-refractivity contribution in [1.82, 2.24) is 5.32 Å². The number of carbonyl (C=O) groups excluding carboxylic acids is 1. The van der Waals surface area contributed by atoms with Crippen LogP contribution in [0.1, 0.15) is 52.4 Å². The summed E-state index contributed by atoms with van der Waals surface area (Å²) in [6, 6.07) is -0.339. The van der Waals surface area contributed by atoms with Gasteiger partial charge in [-0.3, -0.25) is 4.79 Å². The van der Waals surface area contributed by atoms with Crippen LogP contribution in [-0.4, -0.2) is 18.5 Å². The number of nitrogens with two attached hydrogens (primary N) is 1. The Morgan fingerprint density at radius 2 is 2.00 bits per heavy atom. The van der Waals surface area contributed by atoms with Gasteiger partial charge in [0.2, 0.25) is 5.91 Å². The minimum Gasteiger partial charge on any atom is -0.354 e. The molecule has 1 aliphatic rings. The standard InChI is InChI=1S/C13H26N2O/c1-3-10(2)12(14)13(16)15-9-11-7-5-4-6-8-11/h10-12H,3-9,14H2,1-2H3,(H,15,16). The average molecular weight is 226 g/mol. The van der Waals surface area contributed by atoms with Gasteiger partial charge in [-0.1, -0.05) is 39.5 Å². The first kappa shape index (κ1) is 13.5. The summed E-state index contributed by atoms with van der Waals surface area (Å²) in [5, 5.41) is 3.00. The number of nitrogens with one attached hydrogen (secondary N) is 1. The molecule has 2 atom stereocenters. The monoisotopic (exact) mass is 226 g/mol. The molecule has 1 rings (SSSR count). The van der Waals surface area contributed by atoms with Gasteiger partial charge >= 0.3 is 0 Å². The van der Waals surface area contributed by atoms with Gasteiger partial charge in [0.1, 0.15) is 0 Å². The summed E-state index contributed by atoms with van der Waals surface area (Å²) in [6.45, 7) is 4.92. The zero-order valence-electron chi connectivity index (χ0n) is 10.7. The average Bonchev–Trinajstić information content (AvgIpc) is 2.35. The summed E-state index contributed by atoms with van der Waals surface area (Å²) in [6.07, 6.45) is 7.47. The largest absolute Gasteiger partial charge is 0.354 e. The van der Waals surface area contributed by atoms with E-state index in [1.54, 1.807) is 0 Å². The molecule has 1 amide bonds. The van der Waals surface area contributed by atoms with Crippen LogP contribution < -0.4 is 11.1 Å². The van der Waals surface area contributed by atoms with Crippen molar-refractivity contribution in [2.75, 3.05) is 6.54 Å². The van der Waals surface area contributed by atoms with E-state index in [9.17, 15) is 4.79 Å². The van der Waals surface area contributed by atoms with Crippen molar-refractivity contribution < 1.29 is 4.79 Å². The molecule has 0 aromatic carbocycles. The molecule has 0 saturated heterocycles. The van der Waals surface area contributed by atoms with Crippen LogP contribution in [0.3, 0.4) is 0 Å². The highest BCUT2D eigenvalue weighted by Gasteiger charge is 2.20. The summed E-state index contributed by atoms with van der Waals surface area (Å²) >= 11 is 0. The van der Waals surface area contributed by atoms with Crippen LogP contribution in [0.5, 0.6) is 0 Å². The summed E-state index contributed by atoms with van der Waals surface area (Å²) in [5.74, 6) is 0.980. The highest BCUT2D eigenvalue weighted by molar-refractivity contribution is 5.81. The van der Waals surface area contributed by atoms with Crippen molar-refractivity contribution in [3.05, 3.63) is 0 Å². The number of hydrogen-bond acceptors (Lipinski definition) is 2. The fourth-order valence-electron chi connectivity index (χ4n) is 2.27. The Labute approximate surface area is 99.2 Å². The van der Waals surface area contributed by atoms with Crippen LogP contribution in [0.15, 0.2) is 0 Å². The van der Waals surface area contributed by atoms with E-state index < -0.39 is 0 Å². The number of amides is 1. The molecule has 2 unspecified atom stereocenters. The highest BCUT2D eigenvalue weighted by Crippen LogP contribution is 2.22. The second-order valence-corrected chi connectivity index (χ2v) is 5.16. The van der Waals surface area contributed by atoms with Gasteiger partial charge in [0.05, 0.1) is 6.04 Å². The second-order valence-electron chi connectivity index (χ2n) is 5.16. The Morgan fingerprint density at radius 3 is 2.56 bits per heavy atom. The van der Waals surface area contributed by atoms with Gasteiger partial charge in [-0.25, -0.2) is 0 Å². The van der Waals surface area contributed by atoms with Crippen LogP contribution in [0.25, 0.3) is 0 Å². The predicted molar refractivity (Wildman–Crippen MR) is 67.0 cm³/mol. The molecule has 0 bridgehead atoms. The number of hydrogen-bond donors (Lipinski definition) is 2.